The molecule has 2 aliphatic carbocycles. The minimum absolute atomic E-state index is 0.00954. The van der Waals surface area contributed by atoms with Crippen LogP contribution in [0.5, 0.6) is 6.01 Å². The molecule has 3 aliphatic heterocycles. The lowest BCUT2D eigenvalue weighted by Crippen LogP contribution is -2.49. The summed E-state index contributed by atoms with van der Waals surface area (Å²) in [6.07, 6.45) is 10.7. The van der Waals surface area contributed by atoms with Gasteiger partial charge in [0.1, 0.15) is 35.6 Å². The summed E-state index contributed by atoms with van der Waals surface area (Å²) >= 11 is 0. The lowest BCUT2D eigenvalue weighted by molar-refractivity contribution is 0.0642. The molecular weight excluding hydrogens is 605 g/mol. The van der Waals surface area contributed by atoms with Crippen molar-refractivity contribution in [2.45, 2.75) is 50.4 Å². The summed E-state index contributed by atoms with van der Waals surface area (Å²) in [5.41, 5.74) is 6.84. The fourth-order valence-corrected chi connectivity index (χ4v) is 9.09. The molecule has 2 N–H and O–H groups in total. The van der Waals surface area contributed by atoms with E-state index in [1.165, 1.54) is 31.2 Å². The minimum Gasteiger partial charge on any atom is -0.461 e. The highest BCUT2D eigenvalue weighted by Crippen LogP contribution is 2.66. The van der Waals surface area contributed by atoms with Gasteiger partial charge < -0.3 is 20.1 Å². The van der Waals surface area contributed by atoms with E-state index < -0.39 is 23.8 Å². The Labute approximate surface area is 270 Å². The lowest BCUT2D eigenvalue weighted by atomic mass is 9.79. The van der Waals surface area contributed by atoms with E-state index in [1.54, 1.807) is 12.1 Å². The van der Waals surface area contributed by atoms with Gasteiger partial charge in [0.25, 0.3) is 0 Å². The van der Waals surface area contributed by atoms with Crippen molar-refractivity contribution in [3.63, 3.8) is 0 Å². The molecule has 3 saturated heterocycles. The van der Waals surface area contributed by atoms with E-state index in [2.05, 4.69) is 27.7 Å². The Bertz CT molecular complexity index is 2010. The van der Waals surface area contributed by atoms with Crippen LogP contribution in [0.2, 0.25) is 0 Å². The zero-order valence-electron chi connectivity index (χ0n) is 26.1. The van der Waals surface area contributed by atoms with Gasteiger partial charge in [-0.3, -0.25) is 9.88 Å². The first-order chi connectivity index (χ1) is 22.7. The second kappa shape index (κ2) is 10.2. The molecule has 0 unspecified atom stereocenters. The van der Waals surface area contributed by atoms with E-state index in [-0.39, 0.29) is 45.2 Å². The number of terminal acetylenes is 1. The maximum atomic E-state index is 17.0. The molecule has 2 aromatic heterocycles. The molecule has 0 bridgehead atoms. The number of halogens is 3. The summed E-state index contributed by atoms with van der Waals surface area (Å²) in [5, 5.41) is 1.21. The SMILES string of the molecule is C#Cc1c(F)ccc2cc(N)cc(-c3ncc4c(N5CCOC[C@H]6[C@H](F)[C@H]65)nc(OC[C@]56C[C@H](C)CN5CCC65CC5)nc4c3F)c12. The number of nitrogens with zero attached hydrogens (tertiary/aromatic N) is 5. The third kappa shape index (κ3) is 4.20. The molecule has 8 nitrogen and oxygen atoms in total. The van der Waals surface area contributed by atoms with Gasteiger partial charge in [-0.2, -0.15) is 9.97 Å². The molecule has 5 heterocycles. The first kappa shape index (κ1) is 29.0. The summed E-state index contributed by atoms with van der Waals surface area (Å²) in [4.78, 5) is 18.4. The van der Waals surface area contributed by atoms with Gasteiger partial charge in [-0.05, 0) is 67.1 Å². The molecule has 9 rings (SSSR count). The first-order valence-electron chi connectivity index (χ1n) is 16.4. The van der Waals surface area contributed by atoms with E-state index in [1.807, 2.05) is 4.90 Å². The Morgan fingerprint density at radius 2 is 2.02 bits per heavy atom. The molecule has 2 saturated carbocycles. The molecule has 0 amide bonds. The van der Waals surface area contributed by atoms with Crippen LogP contribution in [-0.4, -0.2) is 77.1 Å². The normalized spacial score (nSPS) is 29.1. The topological polar surface area (TPSA) is 89.6 Å². The standard InChI is InChI=1S/C36H35F3N6O2/c1-3-22-26(37)5-4-20-12-21(40)13-23(27(20)22)30-29(39)31-24(15-41-30)33(45-10-11-46-17-25-28(38)32(25)45)43-34(42-31)47-18-36-14-19(2)16-44(36)9-8-35(36)6-7-35/h1,4-5,12-13,15,19,25,28,32H,6-11,14,16-18,40H2,2H3/t19-,25-,28-,32-,36-/m0/s1. The largest absolute Gasteiger partial charge is 0.461 e. The maximum absolute atomic E-state index is 17.0. The molecule has 5 fully saturated rings. The highest BCUT2D eigenvalue weighted by atomic mass is 19.1. The van der Waals surface area contributed by atoms with Crippen molar-refractivity contribution in [2.75, 3.05) is 50.1 Å². The Morgan fingerprint density at radius 3 is 2.83 bits per heavy atom. The monoisotopic (exact) mass is 640 g/mol. The van der Waals surface area contributed by atoms with E-state index in [4.69, 9.17) is 26.6 Å². The third-order valence-corrected chi connectivity index (χ3v) is 11.5. The van der Waals surface area contributed by atoms with Gasteiger partial charge >= 0.3 is 6.01 Å². The minimum atomic E-state index is -1.09. The van der Waals surface area contributed by atoms with Crippen molar-refractivity contribution in [3.8, 4) is 29.6 Å². The van der Waals surface area contributed by atoms with Crippen LogP contribution in [0.4, 0.5) is 24.7 Å². The number of nitrogens with two attached hydrogens (primary N) is 1. The zero-order valence-corrected chi connectivity index (χ0v) is 26.1. The Hall–Kier alpha value is -4.14. The third-order valence-electron chi connectivity index (χ3n) is 11.5. The second-order valence-electron chi connectivity index (χ2n) is 14.2. The van der Waals surface area contributed by atoms with Crippen LogP contribution in [-0.2, 0) is 4.74 Å². The second-order valence-corrected chi connectivity index (χ2v) is 14.2. The molecule has 47 heavy (non-hydrogen) atoms. The number of hydrogen-bond donors (Lipinski definition) is 1. The van der Waals surface area contributed by atoms with Gasteiger partial charge in [0.05, 0.1) is 35.7 Å². The van der Waals surface area contributed by atoms with E-state index in [0.29, 0.717) is 59.9 Å². The zero-order chi connectivity index (χ0) is 32.2. The average Bonchev–Trinajstić information content (AvgIpc) is 3.93. The molecule has 242 valence electrons. The van der Waals surface area contributed by atoms with Crippen molar-refractivity contribution >= 4 is 33.2 Å². The quantitative estimate of drug-likeness (QED) is 0.226. The summed E-state index contributed by atoms with van der Waals surface area (Å²) in [6, 6.07) is 5.61. The van der Waals surface area contributed by atoms with Crippen molar-refractivity contribution in [1.29, 1.82) is 0 Å². The molecule has 4 aromatic rings. The van der Waals surface area contributed by atoms with Gasteiger partial charge in [0.2, 0.25) is 0 Å². The summed E-state index contributed by atoms with van der Waals surface area (Å²) in [5.74, 6) is 1.67. The number of rotatable bonds is 5. The summed E-state index contributed by atoms with van der Waals surface area (Å²) < 4.78 is 59.1. The van der Waals surface area contributed by atoms with Crippen molar-refractivity contribution in [1.82, 2.24) is 19.9 Å². The van der Waals surface area contributed by atoms with Crippen LogP contribution in [0.25, 0.3) is 32.9 Å². The summed E-state index contributed by atoms with van der Waals surface area (Å²) in [7, 11) is 0. The number of alkyl halides is 1. The first-order valence-corrected chi connectivity index (χ1v) is 16.4. The van der Waals surface area contributed by atoms with Gasteiger partial charge in [-0.25, -0.2) is 13.2 Å². The lowest BCUT2D eigenvalue weighted by Gasteiger charge is -2.37. The van der Waals surface area contributed by atoms with Gasteiger partial charge in [0.15, 0.2) is 5.82 Å². The number of nitrogen functional groups attached to an aromatic ring is 1. The smallest absolute Gasteiger partial charge is 0.319 e. The highest BCUT2D eigenvalue weighted by Gasteiger charge is 2.68. The number of anilines is 2. The number of fused-ring (bicyclic) bond motifs is 5. The molecule has 2 aromatic carbocycles. The van der Waals surface area contributed by atoms with E-state index in [9.17, 15) is 4.39 Å². The molecule has 5 atom stereocenters. The van der Waals surface area contributed by atoms with Crippen LogP contribution in [0, 0.1) is 41.2 Å². The van der Waals surface area contributed by atoms with Gasteiger partial charge in [0, 0.05) is 41.8 Å². The van der Waals surface area contributed by atoms with Crippen molar-refractivity contribution in [2.24, 2.45) is 17.3 Å². The van der Waals surface area contributed by atoms with Crippen molar-refractivity contribution in [3.05, 3.63) is 47.7 Å². The number of pyridine rings is 1. The average molecular weight is 641 g/mol. The molecule has 5 aliphatic rings. The Kier molecular flexibility index (Phi) is 6.29. The van der Waals surface area contributed by atoms with Crippen LogP contribution >= 0.6 is 0 Å². The number of aromatic nitrogens is 3. The predicted octanol–water partition coefficient (Wildman–Crippen LogP) is 5.50. The summed E-state index contributed by atoms with van der Waals surface area (Å²) in [6.45, 7) is 5.83. The molecule has 1 spiro atoms. The Morgan fingerprint density at radius 1 is 1.17 bits per heavy atom. The molecular formula is C36H35F3N6O2. The fraction of sp³-hybridized carbons (Fsp3) is 0.472. The van der Waals surface area contributed by atoms with Crippen LogP contribution < -0.4 is 15.4 Å². The van der Waals surface area contributed by atoms with Crippen LogP contribution in [0.1, 0.15) is 38.2 Å². The van der Waals surface area contributed by atoms with Crippen LogP contribution in [0.3, 0.4) is 0 Å². The highest BCUT2D eigenvalue weighted by molar-refractivity contribution is 6.03. The number of ether oxygens (including phenoxy) is 2. The molecule has 11 heteroatoms. The van der Waals surface area contributed by atoms with E-state index in [0.717, 1.165) is 25.9 Å². The van der Waals surface area contributed by atoms with E-state index >= 15 is 8.78 Å². The van der Waals surface area contributed by atoms with Crippen molar-refractivity contribution < 1.29 is 22.6 Å². The number of benzene rings is 2. The van der Waals surface area contributed by atoms with Gasteiger partial charge in [-0.1, -0.05) is 18.9 Å². The predicted molar refractivity (Wildman–Crippen MR) is 173 cm³/mol. The Balaban J connectivity index is 1.20. The number of hydrogen-bond acceptors (Lipinski definition) is 8. The van der Waals surface area contributed by atoms with Crippen LogP contribution in [0.15, 0.2) is 30.5 Å². The van der Waals surface area contributed by atoms with Gasteiger partial charge in [-0.15, -0.1) is 6.42 Å². The molecule has 0 radical (unpaired) electrons. The fourth-order valence-electron chi connectivity index (χ4n) is 9.09. The maximum Gasteiger partial charge on any atom is 0.319 e.